The van der Waals surface area contributed by atoms with Crippen LogP contribution in [0.1, 0.15) is 25.7 Å². The van der Waals surface area contributed by atoms with Crippen LogP contribution in [0.4, 0.5) is 5.95 Å². The number of nitrogens with zero attached hydrogens (tertiary/aromatic N) is 6. The number of nitrogens with one attached hydrogen (secondary N) is 1. The molecule has 8 heteroatoms. The molecular formula is C13H16ClN7. The van der Waals surface area contributed by atoms with Gasteiger partial charge in [0.05, 0.1) is 0 Å². The lowest BCUT2D eigenvalue weighted by Gasteiger charge is -2.21. The maximum absolute atomic E-state index is 5.96. The third kappa shape index (κ3) is 2.57. The van der Waals surface area contributed by atoms with E-state index in [1.54, 1.807) is 0 Å². The number of fused-ring (bicyclic) bond motifs is 2. The number of rotatable bonds is 4. The van der Waals surface area contributed by atoms with E-state index in [1.165, 1.54) is 43.0 Å². The van der Waals surface area contributed by atoms with Gasteiger partial charge in [-0.15, -0.1) is 0 Å². The molecule has 3 atom stereocenters. The van der Waals surface area contributed by atoms with Gasteiger partial charge in [-0.25, -0.2) is 4.98 Å². The monoisotopic (exact) mass is 305 g/mol. The molecule has 0 aromatic carbocycles. The zero-order chi connectivity index (χ0) is 14.2. The fraction of sp³-hybridized carbons (Fsp3) is 0.615. The van der Waals surface area contributed by atoms with E-state index in [9.17, 15) is 0 Å². The summed E-state index contributed by atoms with van der Waals surface area (Å²) in [6.07, 6.45) is 8.47. The zero-order valence-electron chi connectivity index (χ0n) is 11.5. The lowest BCUT2D eigenvalue weighted by molar-refractivity contribution is 0.348. The molecule has 21 heavy (non-hydrogen) atoms. The average Bonchev–Trinajstić information content (AvgIpc) is 3.21. The second-order valence-electron chi connectivity index (χ2n) is 5.88. The van der Waals surface area contributed by atoms with E-state index in [-0.39, 0.29) is 5.28 Å². The normalized spacial score (nSPS) is 27.2. The molecule has 2 aliphatic rings. The predicted molar refractivity (Wildman–Crippen MR) is 77.2 cm³/mol. The summed E-state index contributed by atoms with van der Waals surface area (Å²) in [5.41, 5.74) is 0. The van der Waals surface area contributed by atoms with Gasteiger partial charge in [0.1, 0.15) is 12.7 Å². The van der Waals surface area contributed by atoms with Crippen molar-refractivity contribution in [1.82, 2.24) is 29.7 Å². The van der Waals surface area contributed by atoms with Crippen LogP contribution in [0.25, 0.3) is 5.95 Å². The first-order chi connectivity index (χ1) is 10.3. The van der Waals surface area contributed by atoms with Gasteiger partial charge in [-0.05, 0) is 48.6 Å². The predicted octanol–water partition coefficient (Wildman–Crippen LogP) is 1.95. The Bertz CT molecular complexity index is 629. The highest BCUT2D eigenvalue weighted by Gasteiger charge is 2.39. The summed E-state index contributed by atoms with van der Waals surface area (Å²) in [7, 11) is 0. The quantitative estimate of drug-likeness (QED) is 0.930. The lowest BCUT2D eigenvalue weighted by atomic mass is 9.89. The van der Waals surface area contributed by atoms with Crippen molar-refractivity contribution in [3.63, 3.8) is 0 Å². The molecule has 2 aromatic heterocycles. The molecule has 7 nitrogen and oxygen atoms in total. The van der Waals surface area contributed by atoms with Crippen LogP contribution in [0, 0.1) is 17.8 Å². The molecule has 2 saturated carbocycles. The second-order valence-corrected chi connectivity index (χ2v) is 6.22. The van der Waals surface area contributed by atoms with Crippen molar-refractivity contribution in [2.45, 2.75) is 25.7 Å². The second kappa shape index (κ2) is 5.22. The van der Waals surface area contributed by atoms with Crippen LogP contribution in [0.5, 0.6) is 0 Å². The summed E-state index contributed by atoms with van der Waals surface area (Å²) in [6.45, 7) is 0.901. The maximum Gasteiger partial charge on any atom is 0.258 e. The SMILES string of the molecule is Clc1nc(NCC2CC3CCC2C3)nc(-n2cncn2)n1. The molecule has 2 aromatic rings. The minimum absolute atomic E-state index is 0.158. The molecule has 2 bridgehead atoms. The van der Waals surface area contributed by atoms with E-state index in [2.05, 4.69) is 30.4 Å². The zero-order valence-corrected chi connectivity index (χ0v) is 12.2. The first-order valence-corrected chi connectivity index (χ1v) is 7.66. The number of hydrogen-bond donors (Lipinski definition) is 1. The minimum atomic E-state index is 0.158. The van der Waals surface area contributed by atoms with Crippen molar-refractivity contribution in [2.75, 3.05) is 11.9 Å². The van der Waals surface area contributed by atoms with Crippen molar-refractivity contribution in [3.8, 4) is 5.95 Å². The smallest absolute Gasteiger partial charge is 0.258 e. The largest absolute Gasteiger partial charge is 0.354 e. The Morgan fingerprint density at radius 2 is 2.19 bits per heavy atom. The fourth-order valence-electron chi connectivity index (χ4n) is 3.68. The average molecular weight is 306 g/mol. The van der Waals surface area contributed by atoms with E-state index in [4.69, 9.17) is 11.6 Å². The van der Waals surface area contributed by atoms with Gasteiger partial charge in [0.2, 0.25) is 11.2 Å². The van der Waals surface area contributed by atoms with Gasteiger partial charge in [0.25, 0.3) is 5.95 Å². The summed E-state index contributed by atoms with van der Waals surface area (Å²) >= 11 is 5.96. The lowest BCUT2D eigenvalue weighted by Crippen LogP contribution is -2.21. The van der Waals surface area contributed by atoms with Crippen molar-refractivity contribution >= 4 is 17.5 Å². The minimum Gasteiger partial charge on any atom is -0.354 e. The molecule has 2 heterocycles. The topological polar surface area (TPSA) is 81.4 Å². The van der Waals surface area contributed by atoms with E-state index in [0.717, 1.165) is 24.3 Å². The Labute approximate surface area is 127 Å². The molecule has 0 spiro atoms. The highest BCUT2D eigenvalue weighted by molar-refractivity contribution is 6.28. The van der Waals surface area contributed by atoms with E-state index in [1.807, 2.05) is 0 Å². The van der Waals surface area contributed by atoms with E-state index < -0.39 is 0 Å². The van der Waals surface area contributed by atoms with Crippen LogP contribution in [-0.2, 0) is 0 Å². The number of halogens is 1. The molecule has 0 radical (unpaired) electrons. The molecular weight excluding hydrogens is 290 g/mol. The summed E-state index contributed by atoms with van der Waals surface area (Å²) in [5, 5.41) is 7.47. The van der Waals surface area contributed by atoms with Gasteiger partial charge in [0.15, 0.2) is 0 Å². The molecule has 0 aliphatic heterocycles. The van der Waals surface area contributed by atoms with Crippen molar-refractivity contribution in [2.24, 2.45) is 17.8 Å². The molecule has 0 saturated heterocycles. The Morgan fingerprint density at radius 3 is 2.90 bits per heavy atom. The number of hydrogen-bond acceptors (Lipinski definition) is 6. The Balaban J connectivity index is 1.47. The molecule has 1 N–H and O–H groups in total. The van der Waals surface area contributed by atoms with Gasteiger partial charge in [0, 0.05) is 6.54 Å². The van der Waals surface area contributed by atoms with E-state index >= 15 is 0 Å². The first-order valence-electron chi connectivity index (χ1n) is 7.28. The van der Waals surface area contributed by atoms with Crippen LogP contribution in [-0.4, -0.2) is 36.3 Å². The molecule has 2 aliphatic carbocycles. The van der Waals surface area contributed by atoms with Crippen LogP contribution in [0.3, 0.4) is 0 Å². The molecule has 0 amide bonds. The number of anilines is 1. The summed E-state index contributed by atoms with van der Waals surface area (Å²) in [5.74, 6) is 3.42. The fourth-order valence-corrected chi connectivity index (χ4v) is 3.84. The molecule has 2 fully saturated rings. The van der Waals surface area contributed by atoms with Crippen LogP contribution in [0.2, 0.25) is 5.28 Å². The standard InChI is InChI=1S/C13H16ClN7/c14-11-18-12(20-13(19-11)21-7-15-6-17-21)16-5-10-4-8-1-2-9(10)3-8/h6-10H,1-5H2,(H,16,18,19,20). The maximum atomic E-state index is 5.96. The summed E-state index contributed by atoms with van der Waals surface area (Å²) in [6, 6.07) is 0. The van der Waals surface area contributed by atoms with E-state index in [0.29, 0.717) is 11.9 Å². The highest BCUT2D eigenvalue weighted by Crippen LogP contribution is 2.48. The van der Waals surface area contributed by atoms with Gasteiger partial charge in [-0.3, -0.25) is 0 Å². The van der Waals surface area contributed by atoms with Crippen molar-refractivity contribution in [1.29, 1.82) is 0 Å². The van der Waals surface area contributed by atoms with Crippen LogP contribution >= 0.6 is 11.6 Å². The van der Waals surface area contributed by atoms with Crippen molar-refractivity contribution in [3.05, 3.63) is 17.9 Å². The van der Waals surface area contributed by atoms with Gasteiger partial charge >= 0.3 is 0 Å². The van der Waals surface area contributed by atoms with Crippen LogP contribution in [0.15, 0.2) is 12.7 Å². The third-order valence-electron chi connectivity index (χ3n) is 4.63. The Morgan fingerprint density at radius 1 is 1.24 bits per heavy atom. The van der Waals surface area contributed by atoms with Crippen molar-refractivity contribution < 1.29 is 0 Å². The first kappa shape index (κ1) is 12.9. The Kier molecular flexibility index (Phi) is 3.21. The molecule has 110 valence electrons. The molecule has 3 unspecified atom stereocenters. The Hall–Kier alpha value is -1.76. The van der Waals surface area contributed by atoms with Gasteiger partial charge in [-0.1, -0.05) is 6.42 Å². The third-order valence-corrected chi connectivity index (χ3v) is 4.80. The van der Waals surface area contributed by atoms with Crippen LogP contribution < -0.4 is 5.32 Å². The van der Waals surface area contributed by atoms with Gasteiger partial charge in [-0.2, -0.15) is 24.7 Å². The summed E-state index contributed by atoms with van der Waals surface area (Å²) < 4.78 is 1.47. The highest BCUT2D eigenvalue weighted by atomic mass is 35.5. The summed E-state index contributed by atoms with van der Waals surface area (Å²) in [4.78, 5) is 16.4. The van der Waals surface area contributed by atoms with Gasteiger partial charge < -0.3 is 5.32 Å². The molecule has 4 rings (SSSR count). The number of aromatic nitrogens is 6.